The lowest BCUT2D eigenvalue weighted by Crippen LogP contribution is -2.27. The van der Waals surface area contributed by atoms with Crippen LogP contribution in [0.5, 0.6) is 11.5 Å². The van der Waals surface area contributed by atoms with Gasteiger partial charge in [-0.25, -0.2) is 0 Å². The van der Waals surface area contributed by atoms with Crippen molar-refractivity contribution in [1.82, 2.24) is 0 Å². The van der Waals surface area contributed by atoms with Crippen LogP contribution in [0.4, 0.5) is 11.4 Å². The summed E-state index contributed by atoms with van der Waals surface area (Å²) in [5.41, 5.74) is 3.96. The Balaban J connectivity index is 1.09. The van der Waals surface area contributed by atoms with Crippen LogP contribution in [0.25, 0.3) is 44.6 Å². The minimum atomic E-state index is -0.434. The zero-order chi connectivity index (χ0) is 32.9. The third kappa shape index (κ3) is 6.31. The number of anilines is 2. The summed E-state index contributed by atoms with van der Waals surface area (Å²) in [6.07, 6.45) is 2.01. The maximum Gasteiger partial charge on any atom is 0.235 e. The van der Waals surface area contributed by atoms with Crippen LogP contribution in [-0.2, 0) is 0 Å². The molecule has 0 radical (unpaired) electrons. The largest absolute Gasteiger partial charge is 0.502 e. The van der Waals surface area contributed by atoms with E-state index < -0.39 is 5.43 Å². The Morgan fingerprint density at radius 3 is 1.55 bits per heavy atom. The van der Waals surface area contributed by atoms with Crippen molar-refractivity contribution >= 4 is 33.3 Å². The molecular formula is C39H38N2O6. The van der Waals surface area contributed by atoms with Gasteiger partial charge < -0.3 is 28.5 Å². The van der Waals surface area contributed by atoms with Gasteiger partial charge in [-0.1, -0.05) is 24.3 Å². The van der Waals surface area contributed by atoms with Gasteiger partial charge in [-0.3, -0.25) is 9.59 Å². The highest BCUT2D eigenvalue weighted by atomic mass is 16.5. The Labute approximate surface area is 273 Å². The van der Waals surface area contributed by atoms with Gasteiger partial charge in [-0.15, -0.1) is 0 Å². The number of unbranched alkanes of at least 4 members (excludes halogenated alkanes) is 1. The molecule has 0 spiro atoms. The zero-order valence-electron chi connectivity index (χ0n) is 26.9. The van der Waals surface area contributed by atoms with E-state index in [2.05, 4.69) is 35.8 Å². The SMILES string of the molecule is CCN(CCCCN(CC)c1ccc(-c2oc3ccccc3c(=O)c2OC)cc1)c1ccc(-c2oc3ccccc3c(=O)c2O)cc1. The monoisotopic (exact) mass is 630 g/mol. The molecule has 47 heavy (non-hydrogen) atoms. The van der Waals surface area contributed by atoms with Crippen LogP contribution >= 0.6 is 0 Å². The van der Waals surface area contributed by atoms with Crippen molar-refractivity contribution in [2.45, 2.75) is 26.7 Å². The van der Waals surface area contributed by atoms with E-state index >= 15 is 0 Å². The average molecular weight is 631 g/mol. The number of aromatic hydroxyl groups is 1. The van der Waals surface area contributed by atoms with Gasteiger partial charge in [0.05, 0.1) is 17.9 Å². The maximum absolute atomic E-state index is 13.0. The topological polar surface area (TPSA) is 96.4 Å². The number of rotatable bonds is 12. The molecular weight excluding hydrogens is 592 g/mol. The van der Waals surface area contributed by atoms with Crippen molar-refractivity contribution in [1.29, 1.82) is 0 Å². The summed E-state index contributed by atoms with van der Waals surface area (Å²) in [4.78, 5) is 30.3. The molecule has 0 atom stereocenters. The molecule has 4 aromatic carbocycles. The first-order valence-electron chi connectivity index (χ1n) is 16.0. The van der Waals surface area contributed by atoms with Crippen molar-refractivity contribution in [3.05, 3.63) is 118 Å². The molecule has 0 aliphatic rings. The predicted octanol–water partition coefficient (Wildman–Crippen LogP) is 8.08. The van der Waals surface area contributed by atoms with Gasteiger partial charge >= 0.3 is 0 Å². The molecule has 6 aromatic rings. The molecule has 0 saturated carbocycles. The van der Waals surface area contributed by atoms with Crippen molar-refractivity contribution in [3.8, 4) is 34.1 Å². The number of nitrogens with zero attached hydrogens (tertiary/aromatic N) is 2. The summed E-state index contributed by atoms with van der Waals surface area (Å²) in [6.45, 7) is 7.79. The molecule has 2 aromatic heterocycles. The summed E-state index contributed by atoms with van der Waals surface area (Å²) >= 11 is 0. The summed E-state index contributed by atoms with van der Waals surface area (Å²) in [5, 5.41) is 11.4. The van der Waals surface area contributed by atoms with E-state index in [1.165, 1.54) is 7.11 Å². The van der Waals surface area contributed by atoms with Gasteiger partial charge in [0, 0.05) is 48.7 Å². The lowest BCUT2D eigenvalue weighted by molar-refractivity contribution is 0.399. The molecule has 1 N–H and O–H groups in total. The first kappa shape index (κ1) is 31.5. The molecule has 0 saturated heterocycles. The molecule has 0 unspecified atom stereocenters. The Morgan fingerprint density at radius 2 is 1.06 bits per heavy atom. The molecule has 2 heterocycles. The van der Waals surface area contributed by atoms with Gasteiger partial charge in [0.15, 0.2) is 11.5 Å². The highest BCUT2D eigenvalue weighted by Crippen LogP contribution is 2.33. The van der Waals surface area contributed by atoms with Gasteiger partial charge in [-0.2, -0.15) is 0 Å². The standard InChI is InChI=1S/C39H38N2O6/c1-4-40(28-20-16-26(17-21-28)37-36(44)34(42)30-12-6-8-14-32(30)46-37)24-10-11-25-41(5-2)29-22-18-27(19-23-29)38-39(45-3)35(43)31-13-7-9-15-33(31)47-38/h6-9,12-23,44H,4-5,10-11,24-25H2,1-3H3. The lowest BCUT2D eigenvalue weighted by Gasteiger charge is -2.26. The molecule has 0 bridgehead atoms. The van der Waals surface area contributed by atoms with Crippen LogP contribution in [0.2, 0.25) is 0 Å². The average Bonchev–Trinajstić information content (AvgIpc) is 3.12. The van der Waals surface area contributed by atoms with E-state index in [-0.39, 0.29) is 22.7 Å². The second kappa shape index (κ2) is 13.9. The van der Waals surface area contributed by atoms with Gasteiger partial charge in [0.25, 0.3) is 0 Å². The zero-order valence-corrected chi connectivity index (χ0v) is 26.9. The summed E-state index contributed by atoms with van der Waals surface area (Å²) in [5.74, 6) is 0.435. The summed E-state index contributed by atoms with van der Waals surface area (Å²) in [7, 11) is 1.49. The van der Waals surface area contributed by atoms with Crippen LogP contribution in [0.1, 0.15) is 26.7 Å². The Bertz CT molecular complexity index is 2120. The van der Waals surface area contributed by atoms with Crippen molar-refractivity contribution in [2.75, 3.05) is 43.1 Å². The van der Waals surface area contributed by atoms with Gasteiger partial charge in [0.2, 0.25) is 22.4 Å². The number of para-hydroxylation sites is 2. The summed E-state index contributed by atoms with van der Waals surface area (Å²) < 4.78 is 17.5. The Morgan fingerprint density at radius 1 is 0.617 bits per heavy atom. The quantitative estimate of drug-likeness (QED) is 0.136. The third-order valence-corrected chi connectivity index (χ3v) is 8.59. The van der Waals surface area contributed by atoms with E-state index in [0.29, 0.717) is 33.3 Å². The minimum absolute atomic E-state index is 0.178. The van der Waals surface area contributed by atoms with Crippen LogP contribution < -0.4 is 25.4 Å². The second-order valence-electron chi connectivity index (χ2n) is 11.4. The minimum Gasteiger partial charge on any atom is -0.502 e. The normalized spacial score (nSPS) is 11.2. The first-order chi connectivity index (χ1) is 22.9. The molecule has 8 nitrogen and oxygen atoms in total. The fourth-order valence-electron chi connectivity index (χ4n) is 6.02. The van der Waals surface area contributed by atoms with Crippen molar-refractivity contribution in [2.24, 2.45) is 0 Å². The molecule has 0 fully saturated rings. The lowest BCUT2D eigenvalue weighted by atomic mass is 10.1. The van der Waals surface area contributed by atoms with E-state index in [0.717, 1.165) is 56.0 Å². The van der Waals surface area contributed by atoms with Gasteiger partial charge in [0.1, 0.15) is 11.2 Å². The molecule has 6 rings (SSSR count). The fourth-order valence-corrected chi connectivity index (χ4v) is 6.02. The smallest absolute Gasteiger partial charge is 0.235 e. The maximum atomic E-state index is 13.0. The molecule has 0 aliphatic heterocycles. The number of hydrogen-bond acceptors (Lipinski definition) is 8. The molecule has 0 amide bonds. The summed E-state index contributed by atoms with van der Waals surface area (Å²) in [6, 6.07) is 29.9. The van der Waals surface area contributed by atoms with Crippen LogP contribution in [0.3, 0.4) is 0 Å². The Hall–Kier alpha value is -5.50. The molecule has 8 heteroatoms. The van der Waals surface area contributed by atoms with Gasteiger partial charge in [-0.05, 0) is 99.5 Å². The fraction of sp³-hybridized carbons (Fsp3) is 0.231. The van der Waals surface area contributed by atoms with E-state index in [1.807, 2.05) is 48.5 Å². The van der Waals surface area contributed by atoms with Crippen LogP contribution in [0.15, 0.2) is 115 Å². The predicted molar refractivity (Wildman–Crippen MR) is 189 cm³/mol. The highest BCUT2D eigenvalue weighted by Gasteiger charge is 2.18. The van der Waals surface area contributed by atoms with Crippen LogP contribution in [0, 0.1) is 0 Å². The number of hydrogen-bond donors (Lipinski definition) is 1. The second-order valence-corrected chi connectivity index (χ2v) is 11.4. The van der Waals surface area contributed by atoms with Crippen LogP contribution in [-0.4, -0.2) is 38.4 Å². The van der Waals surface area contributed by atoms with Crippen molar-refractivity contribution in [3.63, 3.8) is 0 Å². The third-order valence-electron chi connectivity index (χ3n) is 8.59. The number of methoxy groups -OCH3 is 1. The first-order valence-corrected chi connectivity index (χ1v) is 16.0. The molecule has 240 valence electrons. The Kier molecular flexibility index (Phi) is 9.29. The number of benzene rings is 4. The van der Waals surface area contributed by atoms with Crippen molar-refractivity contribution < 1.29 is 18.7 Å². The van der Waals surface area contributed by atoms with E-state index in [9.17, 15) is 14.7 Å². The molecule has 0 aliphatic carbocycles. The highest BCUT2D eigenvalue weighted by molar-refractivity contribution is 5.83. The van der Waals surface area contributed by atoms with E-state index in [1.54, 1.807) is 36.4 Å². The number of fused-ring (bicyclic) bond motifs is 2. The number of ether oxygens (including phenoxy) is 1. The van der Waals surface area contributed by atoms with E-state index in [4.69, 9.17) is 13.6 Å².